The van der Waals surface area contributed by atoms with E-state index in [4.69, 9.17) is 5.73 Å². The van der Waals surface area contributed by atoms with Gasteiger partial charge in [0.1, 0.15) is 0 Å². The van der Waals surface area contributed by atoms with Crippen molar-refractivity contribution in [2.75, 3.05) is 45.8 Å². The summed E-state index contributed by atoms with van der Waals surface area (Å²) in [6.45, 7) is 13.2. The molecule has 19 heavy (non-hydrogen) atoms. The fourth-order valence-corrected chi connectivity index (χ4v) is 3.00. The highest BCUT2D eigenvalue weighted by atomic mass is 15.2. The van der Waals surface area contributed by atoms with Crippen LogP contribution in [0.3, 0.4) is 0 Å². The van der Waals surface area contributed by atoms with Crippen molar-refractivity contribution in [1.82, 2.24) is 9.80 Å². The topological polar surface area (TPSA) is 32.5 Å². The highest BCUT2D eigenvalue weighted by Crippen LogP contribution is 2.12. The van der Waals surface area contributed by atoms with Gasteiger partial charge in [-0.2, -0.15) is 0 Å². The molecule has 0 aromatic rings. The van der Waals surface area contributed by atoms with Crippen molar-refractivity contribution >= 4 is 0 Å². The molecular weight excluding hydrogens is 234 g/mol. The van der Waals surface area contributed by atoms with Crippen molar-refractivity contribution in [3.8, 4) is 0 Å². The molecule has 1 saturated heterocycles. The standard InChI is InChI=1S/C16H35N3/c1-3-16(4-2)15-19-12-8-11-18(13-14-19)10-7-5-6-9-17/h16H,3-15,17H2,1-2H3. The van der Waals surface area contributed by atoms with Crippen molar-refractivity contribution in [2.45, 2.75) is 52.4 Å². The zero-order chi connectivity index (χ0) is 13.9. The lowest BCUT2D eigenvalue weighted by Gasteiger charge is -2.25. The number of nitrogens with two attached hydrogens (primary N) is 1. The highest BCUT2D eigenvalue weighted by Gasteiger charge is 2.16. The molecule has 2 N–H and O–H groups in total. The Balaban J connectivity index is 2.19. The lowest BCUT2D eigenvalue weighted by Crippen LogP contribution is -2.34. The minimum atomic E-state index is 0.850. The highest BCUT2D eigenvalue weighted by molar-refractivity contribution is 4.72. The van der Waals surface area contributed by atoms with E-state index in [0.29, 0.717) is 0 Å². The first-order chi connectivity index (χ1) is 9.30. The molecule has 1 rings (SSSR count). The van der Waals surface area contributed by atoms with Gasteiger partial charge in [0.25, 0.3) is 0 Å². The summed E-state index contributed by atoms with van der Waals surface area (Å²) in [7, 11) is 0. The number of nitrogens with zero attached hydrogens (tertiary/aromatic N) is 2. The van der Waals surface area contributed by atoms with Crippen molar-refractivity contribution in [1.29, 1.82) is 0 Å². The molecule has 1 aliphatic rings. The molecule has 0 spiro atoms. The molecule has 1 fully saturated rings. The summed E-state index contributed by atoms with van der Waals surface area (Å²) < 4.78 is 0. The van der Waals surface area contributed by atoms with Gasteiger partial charge < -0.3 is 15.5 Å². The Morgan fingerprint density at radius 2 is 1.58 bits per heavy atom. The molecular formula is C16H35N3. The second-order valence-electron chi connectivity index (χ2n) is 6.03. The number of hydrogen-bond acceptors (Lipinski definition) is 3. The van der Waals surface area contributed by atoms with Crippen LogP contribution in [0, 0.1) is 5.92 Å². The van der Waals surface area contributed by atoms with Crippen LogP contribution in [0.4, 0.5) is 0 Å². The van der Waals surface area contributed by atoms with Gasteiger partial charge in [-0.05, 0) is 51.4 Å². The molecule has 0 aromatic heterocycles. The molecule has 114 valence electrons. The maximum atomic E-state index is 5.54. The van der Waals surface area contributed by atoms with Gasteiger partial charge in [-0.25, -0.2) is 0 Å². The lowest BCUT2D eigenvalue weighted by atomic mass is 10.0. The monoisotopic (exact) mass is 269 g/mol. The Morgan fingerprint density at radius 1 is 0.895 bits per heavy atom. The third-order valence-electron chi connectivity index (χ3n) is 4.53. The van der Waals surface area contributed by atoms with Crippen LogP contribution in [-0.4, -0.2) is 55.6 Å². The number of unbranched alkanes of at least 4 members (excludes halogenated alkanes) is 2. The summed E-state index contributed by atoms with van der Waals surface area (Å²) in [6.07, 6.45) is 7.81. The van der Waals surface area contributed by atoms with E-state index in [2.05, 4.69) is 23.6 Å². The zero-order valence-corrected chi connectivity index (χ0v) is 13.2. The summed E-state index contributed by atoms with van der Waals surface area (Å²) in [5, 5.41) is 0. The van der Waals surface area contributed by atoms with E-state index in [1.54, 1.807) is 0 Å². The maximum absolute atomic E-state index is 5.54. The Bertz CT molecular complexity index is 204. The van der Waals surface area contributed by atoms with E-state index in [1.165, 1.54) is 77.8 Å². The molecule has 0 aliphatic carbocycles. The average molecular weight is 269 g/mol. The Kier molecular flexibility index (Phi) is 9.48. The summed E-state index contributed by atoms with van der Waals surface area (Å²) in [5.74, 6) is 0.899. The number of rotatable bonds is 9. The van der Waals surface area contributed by atoms with E-state index >= 15 is 0 Å². The van der Waals surface area contributed by atoms with E-state index in [9.17, 15) is 0 Å². The molecule has 0 atom stereocenters. The average Bonchev–Trinajstić information content (AvgIpc) is 2.66. The first-order valence-corrected chi connectivity index (χ1v) is 8.44. The van der Waals surface area contributed by atoms with Gasteiger partial charge in [-0.15, -0.1) is 0 Å². The molecule has 3 nitrogen and oxygen atoms in total. The lowest BCUT2D eigenvalue weighted by molar-refractivity contribution is 0.221. The second kappa shape index (κ2) is 10.6. The van der Waals surface area contributed by atoms with Crippen molar-refractivity contribution in [2.24, 2.45) is 11.7 Å². The molecule has 3 heteroatoms. The van der Waals surface area contributed by atoms with E-state index in [1.807, 2.05) is 0 Å². The fourth-order valence-electron chi connectivity index (χ4n) is 3.00. The Hall–Kier alpha value is -0.120. The first kappa shape index (κ1) is 16.9. The minimum absolute atomic E-state index is 0.850. The van der Waals surface area contributed by atoms with E-state index < -0.39 is 0 Å². The van der Waals surface area contributed by atoms with Gasteiger partial charge in [0.15, 0.2) is 0 Å². The Morgan fingerprint density at radius 3 is 2.26 bits per heavy atom. The van der Waals surface area contributed by atoms with Crippen LogP contribution in [-0.2, 0) is 0 Å². The van der Waals surface area contributed by atoms with Gasteiger partial charge >= 0.3 is 0 Å². The van der Waals surface area contributed by atoms with Crippen LogP contribution >= 0.6 is 0 Å². The third kappa shape index (κ3) is 7.28. The van der Waals surface area contributed by atoms with Gasteiger partial charge in [0, 0.05) is 19.6 Å². The molecule has 0 unspecified atom stereocenters. The maximum Gasteiger partial charge on any atom is 0.0109 e. The third-order valence-corrected chi connectivity index (χ3v) is 4.53. The zero-order valence-electron chi connectivity index (χ0n) is 13.2. The summed E-state index contributed by atoms with van der Waals surface area (Å²) in [4.78, 5) is 5.35. The van der Waals surface area contributed by atoms with Crippen molar-refractivity contribution in [3.63, 3.8) is 0 Å². The van der Waals surface area contributed by atoms with Crippen LogP contribution < -0.4 is 5.73 Å². The van der Waals surface area contributed by atoms with Crippen LogP contribution in [0.5, 0.6) is 0 Å². The molecule has 0 saturated carbocycles. The largest absolute Gasteiger partial charge is 0.330 e. The summed E-state index contributed by atoms with van der Waals surface area (Å²) >= 11 is 0. The fraction of sp³-hybridized carbons (Fsp3) is 1.00. The van der Waals surface area contributed by atoms with Crippen LogP contribution in [0.1, 0.15) is 52.4 Å². The molecule has 1 heterocycles. The molecule has 1 aliphatic heterocycles. The predicted octanol–water partition coefficient (Wildman–Crippen LogP) is 2.56. The van der Waals surface area contributed by atoms with Gasteiger partial charge in [-0.1, -0.05) is 33.1 Å². The van der Waals surface area contributed by atoms with Crippen LogP contribution in [0.2, 0.25) is 0 Å². The molecule has 0 bridgehead atoms. The summed E-state index contributed by atoms with van der Waals surface area (Å²) in [5.41, 5.74) is 5.54. The van der Waals surface area contributed by atoms with Crippen LogP contribution in [0.25, 0.3) is 0 Å². The quantitative estimate of drug-likeness (QED) is 0.653. The smallest absolute Gasteiger partial charge is 0.0109 e. The van der Waals surface area contributed by atoms with Crippen LogP contribution in [0.15, 0.2) is 0 Å². The first-order valence-electron chi connectivity index (χ1n) is 8.44. The SMILES string of the molecule is CCC(CC)CN1CCCN(CCCCCN)CC1. The number of hydrogen-bond donors (Lipinski definition) is 1. The van der Waals surface area contributed by atoms with Gasteiger partial charge in [0.05, 0.1) is 0 Å². The molecule has 0 amide bonds. The summed E-state index contributed by atoms with van der Waals surface area (Å²) in [6, 6.07) is 0. The van der Waals surface area contributed by atoms with E-state index in [-0.39, 0.29) is 0 Å². The van der Waals surface area contributed by atoms with Crippen molar-refractivity contribution < 1.29 is 0 Å². The van der Waals surface area contributed by atoms with Crippen molar-refractivity contribution in [3.05, 3.63) is 0 Å². The Labute approximate surface area is 120 Å². The van der Waals surface area contributed by atoms with Gasteiger partial charge in [0.2, 0.25) is 0 Å². The van der Waals surface area contributed by atoms with E-state index in [0.717, 1.165) is 12.5 Å². The second-order valence-corrected chi connectivity index (χ2v) is 6.03. The molecule has 0 radical (unpaired) electrons. The normalized spacial score (nSPS) is 18.9. The molecule has 0 aromatic carbocycles. The van der Waals surface area contributed by atoms with Gasteiger partial charge in [-0.3, -0.25) is 0 Å². The minimum Gasteiger partial charge on any atom is -0.330 e. The predicted molar refractivity (Wildman–Crippen MR) is 84.5 cm³/mol.